The van der Waals surface area contributed by atoms with Gasteiger partial charge in [-0.25, -0.2) is 4.39 Å². The molecule has 0 amide bonds. The van der Waals surface area contributed by atoms with E-state index >= 15 is 0 Å². The normalized spacial score (nSPS) is 17.7. The summed E-state index contributed by atoms with van der Waals surface area (Å²) in [6, 6.07) is 6.16. The molecule has 18 heavy (non-hydrogen) atoms. The topological polar surface area (TPSA) is 25.2 Å². The summed E-state index contributed by atoms with van der Waals surface area (Å²) in [5.41, 5.74) is 0.772. The fourth-order valence-electron chi connectivity index (χ4n) is 2.39. The Hall–Kier alpha value is -1.68. The first-order valence-electron chi connectivity index (χ1n) is 6.22. The maximum Gasteiger partial charge on any atom is 0.248 e. The minimum Gasteiger partial charge on any atom is -0.292 e. The maximum absolute atomic E-state index is 13.1. The van der Waals surface area contributed by atoms with E-state index in [9.17, 15) is 9.18 Å². The van der Waals surface area contributed by atoms with Crippen LogP contribution in [0.1, 0.15) is 18.1 Å². The number of likely N-dealkylation sites (tertiary alicyclic amines) is 1. The minimum atomic E-state index is -0.275. The van der Waals surface area contributed by atoms with Gasteiger partial charge in [-0.1, -0.05) is 0 Å². The Balaban J connectivity index is 1.96. The molecule has 0 N–H and O–H groups in total. The van der Waals surface area contributed by atoms with E-state index in [1.165, 1.54) is 12.1 Å². The van der Waals surface area contributed by atoms with Crippen LogP contribution in [0.25, 0.3) is 10.9 Å². The second kappa shape index (κ2) is 4.21. The third kappa shape index (κ3) is 1.73. The van der Waals surface area contributed by atoms with E-state index in [0.717, 1.165) is 30.4 Å². The van der Waals surface area contributed by atoms with Crippen molar-refractivity contribution in [3.8, 4) is 0 Å². The van der Waals surface area contributed by atoms with Crippen LogP contribution in [0, 0.1) is 5.82 Å². The lowest BCUT2D eigenvalue weighted by atomic mass is 10.1. The summed E-state index contributed by atoms with van der Waals surface area (Å²) in [6.07, 6.45) is 2.89. The molecule has 1 aromatic carbocycles. The molecule has 3 nitrogen and oxygen atoms in total. The number of carbonyl (C=O) groups is 1. The summed E-state index contributed by atoms with van der Waals surface area (Å²) in [4.78, 5) is 14.5. The Kier molecular flexibility index (Phi) is 2.67. The van der Waals surface area contributed by atoms with Crippen molar-refractivity contribution < 1.29 is 9.18 Å². The standard InChI is InChI=1S/C14H15FN2O/c1-10(16-6-2-7-16)14(18)17-8-5-11-9-12(15)3-4-13(11)17/h3-5,8-10H,2,6-7H2,1H3/t10-/m0/s1. The van der Waals surface area contributed by atoms with Gasteiger partial charge in [0.1, 0.15) is 5.82 Å². The highest BCUT2D eigenvalue weighted by atomic mass is 19.1. The SMILES string of the molecule is C[C@@H](C(=O)n1ccc2cc(F)ccc21)N1CCC1. The number of halogens is 1. The molecule has 0 unspecified atom stereocenters. The fourth-order valence-corrected chi connectivity index (χ4v) is 2.39. The number of benzene rings is 1. The smallest absolute Gasteiger partial charge is 0.248 e. The van der Waals surface area contributed by atoms with Crippen molar-refractivity contribution in [1.29, 1.82) is 0 Å². The summed E-state index contributed by atoms with van der Waals surface area (Å²) in [5.74, 6) is -0.222. The zero-order valence-corrected chi connectivity index (χ0v) is 10.3. The molecule has 0 bridgehead atoms. The molecule has 1 aliphatic rings. The van der Waals surface area contributed by atoms with Gasteiger partial charge in [-0.3, -0.25) is 14.3 Å². The largest absolute Gasteiger partial charge is 0.292 e. The van der Waals surface area contributed by atoms with Gasteiger partial charge in [0.15, 0.2) is 0 Å². The van der Waals surface area contributed by atoms with Gasteiger partial charge in [0, 0.05) is 24.7 Å². The number of hydrogen-bond acceptors (Lipinski definition) is 2. The average molecular weight is 246 g/mol. The Bertz CT molecular complexity index is 601. The van der Waals surface area contributed by atoms with Gasteiger partial charge in [0.25, 0.3) is 0 Å². The Morgan fingerprint density at radius 1 is 1.33 bits per heavy atom. The molecule has 3 rings (SSSR count). The van der Waals surface area contributed by atoms with Crippen molar-refractivity contribution in [2.45, 2.75) is 19.4 Å². The molecule has 1 aromatic heterocycles. The van der Waals surface area contributed by atoms with E-state index in [1.807, 2.05) is 6.92 Å². The lowest BCUT2D eigenvalue weighted by Gasteiger charge is -2.35. The third-order valence-corrected chi connectivity index (χ3v) is 3.69. The second-order valence-electron chi connectivity index (χ2n) is 4.79. The summed E-state index contributed by atoms with van der Waals surface area (Å²) in [7, 11) is 0. The van der Waals surface area contributed by atoms with E-state index in [1.54, 1.807) is 22.9 Å². The van der Waals surface area contributed by atoms with Gasteiger partial charge in [-0.15, -0.1) is 0 Å². The zero-order chi connectivity index (χ0) is 12.7. The van der Waals surface area contributed by atoms with Crippen LogP contribution in [0.2, 0.25) is 0 Å². The van der Waals surface area contributed by atoms with Gasteiger partial charge in [-0.2, -0.15) is 0 Å². The molecule has 1 fully saturated rings. The van der Waals surface area contributed by atoms with Crippen LogP contribution in [0.4, 0.5) is 4.39 Å². The first kappa shape index (κ1) is 11.4. The number of rotatable bonds is 2. The van der Waals surface area contributed by atoms with E-state index in [2.05, 4.69) is 4.90 Å². The van der Waals surface area contributed by atoms with Crippen molar-refractivity contribution in [1.82, 2.24) is 9.47 Å². The molecule has 0 saturated carbocycles. The van der Waals surface area contributed by atoms with Crippen LogP contribution < -0.4 is 0 Å². The lowest BCUT2D eigenvalue weighted by molar-refractivity contribution is 0.0647. The maximum atomic E-state index is 13.1. The van der Waals surface area contributed by atoms with Crippen LogP contribution in [-0.4, -0.2) is 34.5 Å². The van der Waals surface area contributed by atoms with E-state index in [-0.39, 0.29) is 17.8 Å². The van der Waals surface area contributed by atoms with E-state index in [4.69, 9.17) is 0 Å². The number of carbonyl (C=O) groups excluding carboxylic acids is 1. The lowest BCUT2D eigenvalue weighted by Crippen LogP contribution is -2.48. The third-order valence-electron chi connectivity index (χ3n) is 3.69. The van der Waals surface area contributed by atoms with Crippen molar-refractivity contribution >= 4 is 16.8 Å². The minimum absolute atomic E-state index is 0.0521. The molecule has 1 saturated heterocycles. The van der Waals surface area contributed by atoms with E-state index in [0.29, 0.717) is 0 Å². The second-order valence-corrected chi connectivity index (χ2v) is 4.79. The predicted octanol–water partition coefficient (Wildman–Crippen LogP) is 2.51. The van der Waals surface area contributed by atoms with Crippen molar-refractivity contribution in [2.75, 3.05) is 13.1 Å². The molecule has 0 spiro atoms. The molecular weight excluding hydrogens is 231 g/mol. The summed E-state index contributed by atoms with van der Waals surface area (Å²) < 4.78 is 14.7. The Morgan fingerprint density at radius 2 is 2.11 bits per heavy atom. The zero-order valence-electron chi connectivity index (χ0n) is 10.3. The average Bonchev–Trinajstić information content (AvgIpc) is 2.68. The monoisotopic (exact) mass is 246 g/mol. The van der Waals surface area contributed by atoms with Crippen LogP contribution in [0.3, 0.4) is 0 Å². The highest BCUT2D eigenvalue weighted by Gasteiger charge is 2.27. The Morgan fingerprint density at radius 3 is 2.78 bits per heavy atom. The summed E-state index contributed by atoms with van der Waals surface area (Å²) in [6.45, 7) is 3.90. The molecule has 0 aliphatic carbocycles. The number of nitrogens with zero attached hydrogens (tertiary/aromatic N) is 2. The predicted molar refractivity (Wildman–Crippen MR) is 68.2 cm³/mol. The molecular formula is C14H15FN2O. The van der Waals surface area contributed by atoms with Crippen molar-refractivity contribution in [3.05, 3.63) is 36.3 Å². The van der Waals surface area contributed by atoms with E-state index < -0.39 is 0 Å². The quantitative estimate of drug-likeness (QED) is 0.813. The van der Waals surface area contributed by atoms with Gasteiger partial charge >= 0.3 is 0 Å². The van der Waals surface area contributed by atoms with Gasteiger partial charge in [-0.05, 0) is 37.6 Å². The molecule has 2 heterocycles. The highest BCUT2D eigenvalue weighted by molar-refractivity contribution is 5.94. The van der Waals surface area contributed by atoms with Crippen LogP contribution in [-0.2, 0) is 0 Å². The van der Waals surface area contributed by atoms with Crippen LogP contribution in [0.15, 0.2) is 30.5 Å². The summed E-state index contributed by atoms with van der Waals surface area (Å²) >= 11 is 0. The summed E-state index contributed by atoms with van der Waals surface area (Å²) in [5, 5.41) is 0.763. The molecule has 1 atom stereocenters. The number of hydrogen-bond donors (Lipinski definition) is 0. The fraction of sp³-hybridized carbons (Fsp3) is 0.357. The molecule has 2 aromatic rings. The van der Waals surface area contributed by atoms with Crippen LogP contribution >= 0.6 is 0 Å². The molecule has 4 heteroatoms. The van der Waals surface area contributed by atoms with Gasteiger partial charge < -0.3 is 0 Å². The van der Waals surface area contributed by atoms with Gasteiger partial charge in [0.05, 0.1) is 11.6 Å². The van der Waals surface area contributed by atoms with Crippen molar-refractivity contribution in [3.63, 3.8) is 0 Å². The molecule has 94 valence electrons. The van der Waals surface area contributed by atoms with Gasteiger partial charge in [0.2, 0.25) is 5.91 Å². The highest BCUT2D eigenvalue weighted by Crippen LogP contribution is 2.19. The first-order valence-corrected chi connectivity index (χ1v) is 6.22. The number of aromatic nitrogens is 1. The first-order chi connectivity index (χ1) is 8.66. The molecule has 0 radical (unpaired) electrons. The van der Waals surface area contributed by atoms with Crippen molar-refractivity contribution in [2.24, 2.45) is 0 Å². The molecule has 1 aliphatic heterocycles. The van der Waals surface area contributed by atoms with Crippen LogP contribution in [0.5, 0.6) is 0 Å². The Labute approximate surface area is 105 Å². The number of fused-ring (bicyclic) bond motifs is 1.